The first-order valence-corrected chi connectivity index (χ1v) is 8.16. The Bertz CT molecular complexity index is 798. The Morgan fingerprint density at radius 3 is 2.32 bits per heavy atom. The summed E-state index contributed by atoms with van der Waals surface area (Å²) >= 11 is 11.1. The normalized spacial score (nSPS) is 10.0. The van der Waals surface area contributed by atoms with Crippen LogP contribution in [0.25, 0.3) is 0 Å². The number of hydrogen-bond donors (Lipinski definition) is 4. The third-order valence-electron chi connectivity index (χ3n) is 3.16. The van der Waals surface area contributed by atoms with Gasteiger partial charge in [0.2, 0.25) is 0 Å². The molecule has 0 bridgehead atoms. The van der Waals surface area contributed by atoms with Crippen LogP contribution < -0.4 is 16.0 Å². The Morgan fingerprint density at radius 1 is 1.00 bits per heavy atom. The molecule has 0 spiro atoms. The van der Waals surface area contributed by atoms with E-state index in [1.807, 2.05) is 0 Å². The van der Waals surface area contributed by atoms with Gasteiger partial charge >= 0.3 is 0 Å². The number of para-hydroxylation sites is 1. The van der Waals surface area contributed by atoms with Crippen LogP contribution in [-0.2, 0) is 0 Å². The van der Waals surface area contributed by atoms with E-state index in [9.17, 15) is 9.59 Å². The van der Waals surface area contributed by atoms with Crippen molar-refractivity contribution in [2.75, 3.05) is 18.5 Å². The summed E-state index contributed by atoms with van der Waals surface area (Å²) in [5.74, 6) is -0.817. The fraction of sp³-hybridized carbons (Fsp3) is 0.118. The fourth-order valence-electron chi connectivity index (χ4n) is 2.02. The SMILES string of the molecule is O=C(NC(=S)Nc1ccccc1C(=O)NCCO)c1ccccc1Cl. The zero-order chi connectivity index (χ0) is 18.2. The Morgan fingerprint density at radius 2 is 1.64 bits per heavy atom. The van der Waals surface area contributed by atoms with E-state index < -0.39 is 5.91 Å². The quantitative estimate of drug-likeness (QED) is 0.600. The van der Waals surface area contributed by atoms with Gasteiger partial charge in [-0.05, 0) is 36.5 Å². The van der Waals surface area contributed by atoms with E-state index in [4.69, 9.17) is 28.9 Å². The number of thiocarbonyl (C=S) groups is 1. The number of anilines is 1. The minimum absolute atomic E-state index is 0.0346. The molecule has 2 amide bonds. The van der Waals surface area contributed by atoms with Gasteiger partial charge in [0.15, 0.2) is 5.11 Å². The molecule has 0 fully saturated rings. The van der Waals surface area contributed by atoms with Crippen LogP contribution in [0.15, 0.2) is 48.5 Å². The smallest absolute Gasteiger partial charge is 0.258 e. The molecule has 0 unspecified atom stereocenters. The largest absolute Gasteiger partial charge is 0.395 e. The molecule has 0 aliphatic heterocycles. The van der Waals surface area contributed by atoms with Crippen LogP contribution in [0.3, 0.4) is 0 Å². The van der Waals surface area contributed by atoms with E-state index in [1.165, 1.54) is 0 Å². The zero-order valence-corrected chi connectivity index (χ0v) is 14.7. The highest BCUT2D eigenvalue weighted by Gasteiger charge is 2.14. The van der Waals surface area contributed by atoms with Gasteiger partial charge in [-0.15, -0.1) is 0 Å². The van der Waals surface area contributed by atoms with Gasteiger partial charge in [0.25, 0.3) is 11.8 Å². The van der Waals surface area contributed by atoms with Crippen molar-refractivity contribution in [3.05, 3.63) is 64.7 Å². The minimum Gasteiger partial charge on any atom is -0.395 e. The lowest BCUT2D eigenvalue weighted by atomic mass is 10.1. The number of benzene rings is 2. The van der Waals surface area contributed by atoms with Gasteiger partial charge in [0.05, 0.1) is 28.4 Å². The first kappa shape index (κ1) is 18.9. The summed E-state index contributed by atoms with van der Waals surface area (Å²) in [6.07, 6.45) is 0. The van der Waals surface area contributed by atoms with Gasteiger partial charge in [0.1, 0.15) is 0 Å². The molecule has 0 saturated heterocycles. The molecule has 0 aliphatic carbocycles. The van der Waals surface area contributed by atoms with Crippen LogP contribution in [0.1, 0.15) is 20.7 Å². The van der Waals surface area contributed by atoms with Crippen LogP contribution in [0.4, 0.5) is 5.69 Å². The van der Waals surface area contributed by atoms with Crippen LogP contribution in [-0.4, -0.2) is 35.2 Å². The number of nitrogens with one attached hydrogen (secondary N) is 3. The maximum atomic E-state index is 12.2. The van der Waals surface area contributed by atoms with E-state index in [0.29, 0.717) is 21.8 Å². The van der Waals surface area contributed by atoms with Crippen molar-refractivity contribution < 1.29 is 14.7 Å². The lowest BCUT2D eigenvalue weighted by Crippen LogP contribution is -2.35. The van der Waals surface area contributed by atoms with E-state index in [-0.39, 0.29) is 24.2 Å². The van der Waals surface area contributed by atoms with E-state index >= 15 is 0 Å². The molecule has 2 rings (SSSR count). The summed E-state index contributed by atoms with van der Waals surface area (Å²) < 4.78 is 0. The monoisotopic (exact) mass is 377 g/mol. The van der Waals surface area contributed by atoms with E-state index in [2.05, 4.69) is 16.0 Å². The molecule has 130 valence electrons. The van der Waals surface area contributed by atoms with Crippen molar-refractivity contribution in [3.63, 3.8) is 0 Å². The van der Waals surface area contributed by atoms with Crippen molar-refractivity contribution >= 4 is 46.4 Å². The number of carbonyl (C=O) groups excluding carboxylic acids is 2. The minimum atomic E-state index is -0.453. The molecule has 25 heavy (non-hydrogen) atoms. The lowest BCUT2D eigenvalue weighted by molar-refractivity contribution is 0.0944. The van der Waals surface area contributed by atoms with Gasteiger partial charge in [-0.1, -0.05) is 35.9 Å². The summed E-state index contributed by atoms with van der Waals surface area (Å²) in [5, 5.41) is 17.0. The molecule has 0 saturated carbocycles. The van der Waals surface area contributed by atoms with Gasteiger partial charge in [-0.2, -0.15) is 0 Å². The molecule has 0 radical (unpaired) electrons. The number of halogens is 1. The number of rotatable bonds is 5. The van der Waals surface area contributed by atoms with Crippen LogP contribution in [0, 0.1) is 0 Å². The summed E-state index contributed by atoms with van der Waals surface area (Å²) in [7, 11) is 0. The molecule has 0 atom stereocenters. The van der Waals surface area contributed by atoms with Gasteiger partial charge in [-0.25, -0.2) is 0 Å². The first-order valence-electron chi connectivity index (χ1n) is 7.38. The second-order valence-corrected chi connectivity index (χ2v) is 5.73. The highest BCUT2D eigenvalue weighted by Crippen LogP contribution is 2.16. The predicted octanol–water partition coefficient (Wildman–Crippen LogP) is 2.19. The first-order chi connectivity index (χ1) is 12.0. The summed E-state index contributed by atoms with van der Waals surface area (Å²) in [6, 6.07) is 13.3. The Hall–Kier alpha value is -2.48. The standard InChI is InChI=1S/C17H16ClN3O3S/c18-13-7-3-1-5-11(13)16(24)21-17(25)20-14-8-4-2-6-12(14)15(23)19-9-10-22/h1-8,22H,9-10H2,(H,19,23)(H2,20,21,24,25). The number of aliphatic hydroxyl groups excluding tert-OH is 1. The molecular formula is C17H16ClN3O3S. The van der Waals surface area contributed by atoms with Crippen molar-refractivity contribution in [1.82, 2.24) is 10.6 Å². The molecule has 0 aromatic heterocycles. The third-order valence-corrected chi connectivity index (χ3v) is 3.70. The van der Waals surface area contributed by atoms with Crippen LogP contribution in [0.2, 0.25) is 5.02 Å². The number of amides is 2. The maximum absolute atomic E-state index is 12.2. The molecule has 4 N–H and O–H groups in total. The maximum Gasteiger partial charge on any atom is 0.258 e. The van der Waals surface area contributed by atoms with E-state index in [1.54, 1.807) is 48.5 Å². The topological polar surface area (TPSA) is 90.5 Å². The summed E-state index contributed by atoms with van der Waals surface area (Å²) in [6.45, 7) is -0.0193. The molecule has 8 heteroatoms. The Balaban J connectivity index is 2.07. The predicted molar refractivity (Wildman–Crippen MR) is 101 cm³/mol. The average molecular weight is 378 g/mol. The average Bonchev–Trinajstić information content (AvgIpc) is 2.60. The lowest BCUT2D eigenvalue weighted by Gasteiger charge is -2.13. The molecule has 2 aromatic rings. The summed E-state index contributed by atoms with van der Waals surface area (Å²) in [5.41, 5.74) is 1.06. The van der Waals surface area contributed by atoms with Gasteiger partial charge in [0, 0.05) is 6.54 Å². The Kier molecular flexibility index (Phi) is 6.88. The zero-order valence-electron chi connectivity index (χ0n) is 13.1. The summed E-state index contributed by atoms with van der Waals surface area (Å²) in [4.78, 5) is 24.3. The second-order valence-electron chi connectivity index (χ2n) is 4.91. The highest BCUT2D eigenvalue weighted by molar-refractivity contribution is 7.80. The molecule has 6 nitrogen and oxygen atoms in total. The molecule has 0 aliphatic rings. The van der Waals surface area contributed by atoms with Crippen molar-refractivity contribution in [2.45, 2.75) is 0 Å². The number of carbonyl (C=O) groups is 2. The number of hydrogen-bond acceptors (Lipinski definition) is 4. The van der Waals surface area contributed by atoms with Crippen molar-refractivity contribution in [3.8, 4) is 0 Å². The van der Waals surface area contributed by atoms with Crippen LogP contribution in [0.5, 0.6) is 0 Å². The second kappa shape index (κ2) is 9.12. The van der Waals surface area contributed by atoms with Crippen LogP contribution >= 0.6 is 23.8 Å². The molecular weight excluding hydrogens is 362 g/mol. The van der Waals surface area contributed by atoms with Crippen molar-refractivity contribution in [2.24, 2.45) is 0 Å². The van der Waals surface area contributed by atoms with Gasteiger partial charge < -0.3 is 15.7 Å². The molecule has 2 aromatic carbocycles. The number of aliphatic hydroxyl groups is 1. The highest BCUT2D eigenvalue weighted by atomic mass is 35.5. The van der Waals surface area contributed by atoms with Crippen molar-refractivity contribution in [1.29, 1.82) is 0 Å². The third kappa shape index (κ3) is 5.25. The fourth-order valence-corrected chi connectivity index (χ4v) is 2.45. The molecule has 0 heterocycles. The Labute approximate surface area is 155 Å². The van der Waals surface area contributed by atoms with E-state index in [0.717, 1.165) is 0 Å². The van der Waals surface area contributed by atoms with Gasteiger partial charge in [-0.3, -0.25) is 14.9 Å².